The van der Waals surface area contributed by atoms with Crippen LogP contribution in [0.3, 0.4) is 0 Å². The number of aliphatic hydroxyl groups is 1. The van der Waals surface area contributed by atoms with Gasteiger partial charge < -0.3 is 14.3 Å². The van der Waals surface area contributed by atoms with Crippen LogP contribution in [-0.2, 0) is 16.1 Å². The molecule has 4 rings (SSSR count). The predicted octanol–water partition coefficient (Wildman–Crippen LogP) is 3.62. The first-order valence-electron chi connectivity index (χ1n) is 9.92. The fourth-order valence-electron chi connectivity index (χ4n) is 3.39. The molecule has 0 bridgehead atoms. The molecule has 1 N–H and O–H groups in total. The van der Waals surface area contributed by atoms with Gasteiger partial charge in [0.15, 0.2) is 6.61 Å². The predicted molar refractivity (Wildman–Crippen MR) is 113 cm³/mol. The molecule has 0 aliphatic carbocycles. The van der Waals surface area contributed by atoms with Crippen LogP contribution in [0.15, 0.2) is 76.4 Å². The summed E-state index contributed by atoms with van der Waals surface area (Å²) in [7, 11) is 0. The fraction of sp³-hybridized carbons (Fsp3) is 0.208. The van der Waals surface area contributed by atoms with Crippen LogP contribution in [0.4, 0.5) is 0 Å². The van der Waals surface area contributed by atoms with E-state index in [0.717, 1.165) is 16.8 Å². The lowest BCUT2D eigenvalue weighted by Crippen LogP contribution is -2.31. The van der Waals surface area contributed by atoms with E-state index in [2.05, 4.69) is 5.10 Å². The Labute approximate surface area is 179 Å². The summed E-state index contributed by atoms with van der Waals surface area (Å²) in [5, 5.41) is 14.9. The smallest absolute Gasteiger partial charge is 0.338 e. The normalized spacial score (nSPS) is 15.6. The largest absolute Gasteiger partial charge is 0.467 e. The van der Waals surface area contributed by atoms with Gasteiger partial charge >= 0.3 is 5.97 Å². The number of hydrogen-bond donors (Lipinski definition) is 1. The van der Waals surface area contributed by atoms with Crippen molar-refractivity contribution < 1.29 is 23.8 Å². The first kappa shape index (κ1) is 20.6. The highest BCUT2D eigenvalue weighted by Gasteiger charge is 2.35. The zero-order chi connectivity index (χ0) is 21.8. The van der Waals surface area contributed by atoms with Gasteiger partial charge in [0.2, 0.25) is 0 Å². The number of ether oxygens (including phenoxy) is 1. The van der Waals surface area contributed by atoms with Crippen molar-refractivity contribution in [3.63, 3.8) is 0 Å². The Kier molecular flexibility index (Phi) is 5.95. The van der Waals surface area contributed by atoms with Crippen LogP contribution in [0.2, 0.25) is 0 Å². The van der Waals surface area contributed by atoms with Gasteiger partial charge in [-0.3, -0.25) is 4.79 Å². The standard InChI is InChI=1S/C24H22N2O5/c1-16-4-8-18(9-5-16)20-13-21(22-3-2-12-30-22)26(25-20)23(28)15-31-24(29)19-10-6-17(14-27)7-11-19/h2-12,21,27H,13-15H2,1H3/t21-/m1/s1. The quantitative estimate of drug-likeness (QED) is 0.618. The molecule has 0 fully saturated rings. The number of benzene rings is 2. The van der Waals surface area contributed by atoms with Gasteiger partial charge in [-0.25, -0.2) is 9.80 Å². The maximum absolute atomic E-state index is 12.9. The molecular formula is C24H22N2O5. The van der Waals surface area contributed by atoms with Crippen molar-refractivity contribution in [2.45, 2.75) is 26.0 Å². The molecule has 31 heavy (non-hydrogen) atoms. The van der Waals surface area contributed by atoms with Gasteiger partial charge in [-0.15, -0.1) is 0 Å². The molecule has 0 saturated carbocycles. The van der Waals surface area contributed by atoms with Gasteiger partial charge in [-0.1, -0.05) is 42.0 Å². The molecule has 7 heteroatoms. The van der Waals surface area contributed by atoms with Crippen molar-refractivity contribution in [2.24, 2.45) is 5.10 Å². The van der Waals surface area contributed by atoms with Gasteiger partial charge in [0.25, 0.3) is 5.91 Å². The second-order valence-corrected chi connectivity index (χ2v) is 7.32. The Morgan fingerprint density at radius 2 is 1.87 bits per heavy atom. The van der Waals surface area contributed by atoms with Crippen LogP contribution in [0.1, 0.15) is 45.3 Å². The van der Waals surface area contributed by atoms with Crippen LogP contribution >= 0.6 is 0 Å². The summed E-state index contributed by atoms with van der Waals surface area (Å²) in [6.45, 7) is 1.45. The number of nitrogens with zero attached hydrogens (tertiary/aromatic N) is 2. The van der Waals surface area contributed by atoms with E-state index < -0.39 is 24.5 Å². The van der Waals surface area contributed by atoms with E-state index in [0.29, 0.717) is 23.3 Å². The van der Waals surface area contributed by atoms with Gasteiger partial charge in [0.05, 0.1) is 24.1 Å². The molecule has 2 heterocycles. The van der Waals surface area contributed by atoms with E-state index in [-0.39, 0.29) is 6.61 Å². The van der Waals surface area contributed by atoms with Crippen LogP contribution < -0.4 is 0 Å². The first-order valence-corrected chi connectivity index (χ1v) is 9.92. The molecule has 1 aliphatic rings. The summed E-state index contributed by atoms with van der Waals surface area (Å²) in [4.78, 5) is 25.2. The van der Waals surface area contributed by atoms with E-state index in [9.17, 15) is 9.59 Å². The molecule has 1 amide bonds. The first-order chi connectivity index (χ1) is 15.0. The number of amides is 1. The van der Waals surface area contributed by atoms with Crippen molar-refractivity contribution in [1.29, 1.82) is 0 Å². The number of furan rings is 1. The van der Waals surface area contributed by atoms with E-state index >= 15 is 0 Å². The number of aryl methyl sites for hydroxylation is 1. The zero-order valence-corrected chi connectivity index (χ0v) is 17.0. The molecule has 158 valence electrons. The van der Waals surface area contributed by atoms with Crippen LogP contribution in [0.5, 0.6) is 0 Å². The van der Waals surface area contributed by atoms with Crippen molar-refractivity contribution in [2.75, 3.05) is 6.61 Å². The topological polar surface area (TPSA) is 92.3 Å². The lowest BCUT2D eigenvalue weighted by atomic mass is 10.0. The highest BCUT2D eigenvalue weighted by Crippen LogP contribution is 2.33. The highest BCUT2D eigenvalue weighted by atomic mass is 16.5. The van der Waals surface area contributed by atoms with Crippen LogP contribution in [-0.4, -0.2) is 34.3 Å². The monoisotopic (exact) mass is 418 g/mol. The molecule has 7 nitrogen and oxygen atoms in total. The number of rotatable bonds is 6. The summed E-state index contributed by atoms with van der Waals surface area (Å²) in [5.74, 6) is -0.441. The lowest BCUT2D eigenvalue weighted by molar-refractivity contribution is -0.136. The molecule has 0 saturated heterocycles. The summed E-state index contributed by atoms with van der Waals surface area (Å²) in [5.41, 5.74) is 3.82. The molecule has 0 spiro atoms. The molecule has 1 aromatic heterocycles. The van der Waals surface area contributed by atoms with Crippen molar-refractivity contribution in [3.8, 4) is 0 Å². The highest BCUT2D eigenvalue weighted by molar-refractivity contribution is 6.03. The maximum atomic E-state index is 12.9. The Hall–Kier alpha value is -3.71. The summed E-state index contributed by atoms with van der Waals surface area (Å²) in [6, 6.07) is 17.4. The molecule has 2 aromatic carbocycles. The number of carbonyl (C=O) groups excluding carboxylic acids is 2. The van der Waals surface area contributed by atoms with E-state index in [4.69, 9.17) is 14.3 Å². The number of esters is 1. The third kappa shape index (κ3) is 4.57. The Bertz CT molecular complexity index is 1090. The average Bonchev–Trinajstić information content (AvgIpc) is 3.48. The second kappa shape index (κ2) is 8.97. The minimum Gasteiger partial charge on any atom is -0.467 e. The summed E-state index contributed by atoms with van der Waals surface area (Å²) in [6.07, 6.45) is 2.05. The van der Waals surface area contributed by atoms with Crippen LogP contribution in [0.25, 0.3) is 0 Å². The fourth-order valence-corrected chi connectivity index (χ4v) is 3.39. The van der Waals surface area contributed by atoms with Crippen molar-refractivity contribution in [1.82, 2.24) is 5.01 Å². The molecular weight excluding hydrogens is 396 g/mol. The number of hydrazone groups is 1. The Balaban J connectivity index is 1.49. The lowest BCUT2D eigenvalue weighted by Gasteiger charge is -2.19. The zero-order valence-electron chi connectivity index (χ0n) is 17.0. The average molecular weight is 418 g/mol. The van der Waals surface area contributed by atoms with E-state index in [1.807, 2.05) is 31.2 Å². The third-order valence-electron chi connectivity index (χ3n) is 5.12. The third-order valence-corrected chi connectivity index (χ3v) is 5.12. The molecule has 0 radical (unpaired) electrons. The molecule has 1 aliphatic heterocycles. The minimum atomic E-state index is -0.616. The van der Waals surface area contributed by atoms with E-state index in [1.165, 1.54) is 5.01 Å². The summed E-state index contributed by atoms with van der Waals surface area (Å²) < 4.78 is 10.7. The molecule has 0 unspecified atom stereocenters. The SMILES string of the molecule is Cc1ccc(C2=NN(C(=O)COC(=O)c3ccc(CO)cc3)[C@@H](c3ccco3)C2)cc1. The van der Waals surface area contributed by atoms with Crippen molar-refractivity contribution >= 4 is 17.6 Å². The van der Waals surface area contributed by atoms with E-state index in [1.54, 1.807) is 42.7 Å². The molecule has 3 aromatic rings. The maximum Gasteiger partial charge on any atom is 0.338 e. The summed E-state index contributed by atoms with van der Waals surface area (Å²) >= 11 is 0. The number of carbonyl (C=O) groups is 2. The van der Waals surface area contributed by atoms with Gasteiger partial charge in [0.1, 0.15) is 11.8 Å². The second-order valence-electron chi connectivity index (χ2n) is 7.32. The van der Waals surface area contributed by atoms with Gasteiger partial charge in [-0.2, -0.15) is 5.10 Å². The number of aliphatic hydroxyl groups excluding tert-OH is 1. The van der Waals surface area contributed by atoms with Crippen molar-refractivity contribution in [3.05, 3.63) is 94.9 Å². The van der Waals surface area contributed by atoms with Gasteiger partial charge in [-0.05, 0) is 42.3 Å². The van der Waals surface area contributed by atoms with Gasteiger partial charge in [0, 0.05) is 6.42 Å². The Morgan fingerprint density at radius 3 is 2.52 bits per heavy atom. The molecule has 1 atom stereocenters. The minimum absolute atomic E-state index is 0.113. The Morgan fingerprint density at radius 1 is 1.13 bits per heavy atom. The number of hydrogen-bond acceptors (Lipinski definition) is 6. The van der Waals surface area contributed by atoms with Crippen LogP contribution in [0, 0.1) is 6.92 Å².